The van der Waals surface area contributed by atoms with Crippen molar-refractivity contribution in [2.45, 2.75) is 34.2 Å². The van der Waals surface area contributed by atoms with Crippen molar-refractivity contribution < 1.29 is 14.1 Å². The molecule has 1 aromatic heterocycles. The maximum Gasteiger partial charge on any atom is 0.363 e. The first kappa shape index (κ1) is 20.9. The zero-order valence-corrected chi connectivity index (χ0v) is 17.8. The van der Waals surface area contributed by atoms with Crippen LogP contribution in [0.3, 0.4) is 0 Å². The molecule has 2 aromatic rings. The molecule has 1 fully saturated rings. The zero-order chi connectivity index (χ0) is 18.2. The highest BCUT2D eigenvalue weighted by Crippen LogP contribution is 2.23. The summed E-state index contributed by atoms with van der Waals surface area (Å²) in [5.74, 6) is 0.534. The summed E-state index contributed by atoms with van der Waals surface area (Å²) in [5.41, 5.74) is 8.96. The van der Waals surface area contributed by atoms with Crippen LogP contribution < -0.4 is 10.3 Å². The number of imidazole rings is 1. The number of ether oxygens (including phenoxy) is 1. The predicted octanol–water partition coefficient (Wildman–Crippen LogP) is 2.42. The van der Waals surface area contributed by atoms with E-state index in [1.807, 2.05) is 45.9 Å². The van der Waals surface area contributed by atoms with Crippen LogP contribution in [0.25, 0.3) is 11.0 Å². The van der Waals surface area contributed by atoms with Crippen molar-refractivity contribution >= 4 is 39.9 Å². The smallest absolute Gasteiger partial charge is 0.363 e. The van der Waals surface area contributed by atoms with Gasteiger partial charge in [-0.2, -0.15) is 4.57 Å². The molecule has 1 aliphatic rings. The standard InChI is InChI=1S/C19H28N4O2.BrH/c1-14-6-5-7-15-16(14)23(17(24)19(2,3)4)18(20)22(15)9-8-21-10-12-25-13-11-21;/h5-7,20H,8-13H2,1-4H3;1H/p+1. The number of nitrogen functional groups attached to an aromatic ring is 1. The molecule has 0 aliphatic carbocycles. The van der Waals surface area contributed by atoms with Gasteiger partial charge in [-0.1, -0.05) is 12.1 Å². The van der Waals surface area contributed by atoms with E-state index >= 15 is 0 Å². The minimum Gasteiger partial charge on any atom is -0.379 e. The van der Waals surface area contributed by atoms with Gasteiger partial charge in [0.25, 0.3) is 5.91 Å². The van der Waals surface area contributed by atoms with Crippen LogP contribution in [0.1, 0.15) is 31.1 Å². The van der Waals surface area contributed by atoms with Crippen LogP contribution in [0, 0.1) is 12.3 Å². The molecule has 0 bridgehead atoms. The summed E-state index contributed by atoms with van der Waals surface area (Å²) in [5, 5.41) is 0. The Morgan fingerprint density at radius 2 is 1.88 bits per heavy atom. The number of rotatable bonds is 3. The first-order valence-corrected chi connectivity index (χ1v) is 8.95. The number of morpholine rings is 1. The lowest BCUT2D eigenvalue weighted by Crippen LogP contribution is -2.51. The first-order valence-electron chi connectivity index (χ1n) is 8.95. The number of nitrogens with zero attached hydrogens (tertiary/aromatic N) is 3. The van der Waals surface area contributed by atoms with Crippen LogP contribution in [0.2, 0.25) is 0 Å². The van der Waals surface area contributed by atoms with Crippen molar-refractivity contribution in [1.82, 2.24) is 9.47 Å². The summed E-state index contributed by atoms with van der Waals surface area (Å²) in [4.78, 5) is 15.4. The van der Waals surface area contributed by atoms with E-state index in [2.05, 4.69) is 9.47 Å². The normalized spacial score (nSPS) is 15.8. The lowest BCUT2D eigenvalue weighted by Gasteiger charge is -2.26. The van der Waals surface area contributed by atoms with E-state index in [4.69, 9.17) is 10.5 Å². The maximum absolute atomic E-state index is 13.0. The number of benzene rings is 1. The number of nitrogens with two attached hydrogens (primary N) is 1. The SMILES string of the molecule is Br.Cc1cccc2c1[n+](C(=O)C(C)(C)C)c(N)n2CCN1CCOCC1. The Balaban J connectivity index is 0.00000243. The van der Waals surface area contributed by atoms with E-state index in [0.29, 0.717) is 5.95 Å². The van der Waals surface area contributed by atoms with Crippen molar-refractivity contribution in [3.63, 3.8) is 0 Å². The number of hydrogen-bond donors (Lipinski definition) is 1. The lowest BCUT2D eigenvalue weighted by atomic mass is 9.95. The number of anilines is 1. The average molecular weight is 426 g/mol. The molecule has 1 aromatic carbocycles. The highest BCUT2D eigenvalue weighted by molar-refractivity contribution is 8.93. The third-order valence-corrected chi connectivity index (χ3v) is 4.82. The van der Waals surface area contributed by atoms with Gasteiger partial charge in [-0.3, -0.25) is 15.4 Å². The molecule has 0 saturated carbocycles. The average Bonchev–Trinajstić information content (AvgIpc) is 2.85. The molecule has 2 N–H and O–H groups in total. The second-order valence-corrected chi connectivity index (χ2v) is 7.80. The second kappa shape index (κ2) is 8.06. The van der Waals surface area contributed by atoms with Crippen LogP contribution in [-0.4, -0.2) is 48.2 Å². The van der Waals surface area contributed by atoms with Gasteiger partial charge >= 0.3 is 5.95 Å². The molecule has 0 atom stereocenters. The van der Waals surface area contributed by atoms with E-state index in [9.17, 15) is 4.79 Å². The molecule has 2 heterocycles. The summed E-state index contributed by atoms with van der Waals surface area (Å²) in [6.07, 6.45) is 0. The molecule has 1 aliphatic heterocycles. The van der Waals surface area contributed by atoms with Crippen molar-refractivity contribution in [2.75, 3.05) is 38.6 Å². The zero-order valence-electron chi connectivity index (χ0n) is 16.1. The number of hydrogen-bond acceptors (Lipinski definition) is 4. The molecule has 0 radical (unpaired) electrons. The Kier molecular flexibility index (Phi) is 6.47. The van der Waals surface area contributed by atoms with E-state index in [-0.39, 0.29) is 22.9 Å². The molecule has 0 spiro atoms. The summed E-state index contributed by atoms with van der Waals surface area (Å²) in [6.45, 7) is 12.9. The highest BCUT2D eigenvalue weighted by Gasteiger charge is 2.34. The van der Waals surface area contributed by atoms with Crippen molar-refractivity contribution in [1.29, 1.82) is 0 Å². The number of para-hydroxylation sites is 1. The van der Waals surface area contributed by atoms with E-state index in [1.54, 1.807) is 4.57 Å². The topological polar surface area (TPSA) is 64.4 Å². The fourth-order valence-corrected chi connectivity index (χ4v) is 3.35. The largest absolute Gasteiger partial charge is 0.379 e. The quantitative estimate of drug-likeness (QED) is 0.766. The molecule has 7 heteroatoms. The van der Waals surface area contributed by atoms with Crippen LogP contribution >= 0.6 is 17.0 Å². The Hall–Kier alpha value is -1.44. The van der Waals surface area contributed by atoms with Crippen LogP contribution in [0.5, 0.6) is 0 Å². The van der Waals surface area contributed by atoms with Gasteiger partial charge in [-0.15, -0.1) is 17.0 Å². The lowest BCUT2D eigenvalue weighted by molar-refractivity contribution is -0.537. The molecule has 144 valence electrons. The van der Waals surface area contributed by atoms with E-state index < -0.39 is 5.41 Å². The summed E-state index contributed by atoms with van der Waals surface area (Å²) >= 11 is 0. The number of carbonyl (C=O) groups is 1. The molecule has 1 saturated heterocycles. The summed E-state index contributed by atoms with van der Waals surface area (Å²) in [6, 6.07) is 6.10. The van der Waals surface area contributed by atoms with Crippen LogP contribution in [-0.2, 0) is 11.3 Å². The Bertz CT molecular complexity index is 789. The van der Waals surface area contributed by atoms with Crippen molar-refractivity contribution in [3.8, 4) is 0 Å². The van der Waals surface area contributed by atoms with Gasteiger partial charge in [0.15, 0.2) is 5.52 Å². The second-order valence-electron chi connectivity index (χ2n) is 7.80. The first-order chi connectivity index (χ1) is 11.8. The Morgan fingerprint density at radius 1 is 1.23 bits per heavy atom. The number of halogens is 1. The van der Waals surface area contributed by atoms with Gasteiger partial charge in [0, 0.05) is 19.6 Å². The fourth-order valence-electron chi connectivity index (χ4n) is 3.35. The predicted molar refractivity (Wildman–Crippen MR) is 109 cm³/mol. The van der Waals surface area contributed by atoms with Crippen LogP contribution in [0.4, 0.5) is 5.95 Å². The molecule has 26 heavy (non-hydrogen) atoms. The molecule has 0 unspecified atom stereocenters. The molecular weight excluding hydrogens is 396 g/mol. The molecule has 6 nitrogen and oxygen atoms in total. The van der Waals surface area contributed by atoms with E-state index in [0.717, 1.165) is 56.0 Å². The summed E-state index contributed by atoms with van der Waals surface area (Å²) in [7, 11) is 0. The monoisotopic (exact) mass is 425 g/mol. The van der Waals surface area contributed by atoms with Gasteiger partial charge in [-0.05, 0) is 39.3 Å². The number of fused-ring (bicyclic) bond motifs is 1. The molecule has 3 rings (SSSR count). The molecular formula is C19H30BrN4O2+. The van der Waals surface area contributed by atoms with Gasteiger partial charge in [0.1, 0.15) is 5.52 Å². The summed E-state index contributed by atoms with van der Waals surface area (Å²) < 4.78 is 9.18. The van der Waals surface area contributed by atoms with Crippen molar-refractivity contribution in [2.24, 2.45) is 5.41 Å². The van der Waals surface area contributed by atoms with Gasteiger partial charge in [-0.25, -0.2) is 4.57 Å². The van der Waals surface area contributed by atoms with E-state index in [1.165, 1.54) is 0 Å². The fraction of sp³-hybridized carbons (Fsp3) is 0.579. The van der Waals surface area contributed by atoms with Crippen LogP contribution in [0.15, 0.2) is 18.2 Å². The number of carbonyl (C=O) groups excluding carboxylic acids is 1. The van der Waals surface area contributed by atoms with Crippen molar-refractivity contribution in [3.05, 3.63) is 23.8 Å². The maximum atomic E-state index is 13.0. The minimum absolute atomic E-state index is 0. The van der Waals surface area contributed by atoms with Gasteiger partial charge in [0.05, 0.1) is 25.2 Å². The molecule has 0 amide bonds. The number of aromatic nitrogens is 2. The minimum atomic E-state index is -0.496. The van der Waals surface area contributed by atoms with Gasteiger partial charge < -0.3 is 4.74 Å². The van der Waals surface area contributed by atoms with Gasteiger partial charge in [0.2, 0.25) is 0 Å². The Morgan fingerprint density at radius 3 is 2.50 bits per heavy atom. The Labute approximate surface area is 165 Å². The third kappa shape index (κ3) is 3.94. The third-order valence-electron chi connectivity index (χ3n) is 4.82. The highest BCUT2D eigenvalue weighted by atomic mass is 79.9. The number of aryl methyl sites for hydroxylation is 1.